The first-order valence-electron chi connectivity index (χ1n) is 7.14. The molecule has 0 aliphatic carbocycles. The number of aryl methyl sites for hydroxylation is 1. The van der Waals surface area contributed by atoms with Crippen molar-refractivity contribution in [1.82, 2.24) is 9.88 Å². The molecule has 3 nitrogen and oxygen atoms in total. The first kappa shape index (κ1) is 14.7. The van der Waals surface area contributed by atoms with E-state index in [0.29, 0.717) is 6.54 Å². The van der Waals surface area contributed by atoms with Crippen molar-refractivity contribution in [1.29, 1.82) is 0 Å². The standard InChI is InChI=1S/C17H23N3/c1-3-20(13-15-7-5-4-6-8-15)17(11-18)16-12-19-10-9-14(16)2/h4-10,12,17H,3,11,13,18H2,1-2H3. The molecular formula is C17H23N3. The van der Waals surface area contributed by atoms with Gasteiger partial charge >= 0.3 is 0 Å². The molecule has 2 N–H and O–H groups in total. The molecule has 1 aromatic heterocycles. The molecule has 0 bridgehead atoms. The molecule has 0 amide bonds. The van der Waals surface area contributed by atoms with Crippen molar-refractivity contribution in [2.75, 3.05) is 13.1 Å². The predicted molar refractivity (Wildman–Crippen MR) is 83.3 cm³/mol. The zero-order chi connectivity index (χ0) is 14.4. The van der Waals surface area contributed by atoms with Crippen LogP contribution in [0.1, 0.15) is 29.7 Å². The van der Waals surface area contributed by atoms with Gasteiger partial charge in [-0.1, -0.05) is 37.3 Å². The minimum Gasteiger partial charge on any atom is -0.329 e. The van der Waals surface area contributed by atoms with Crippen molar-refractivity contribution >= 4 is 0 Å². The molecule has 106 valence electrons. The second-order valence-electron chi connectivity index (χ2n) is 5.03. The molecule has 3 heteroatoms. The van der Waals surface area contributed by atoms with Gasteiger partial charge in [0.15, 0.2) is 0 Å². The summed E-state index contributed by atoms with van der Waals surface area (Å²) < 4.78 is 0. The summed E-state index contributed by atoms with van der Waals surface area (Å²) in [7, 11) is 0. The molecule has 2 rings (SSSR count). The Balaban J connectivity index is 2.22. The summed E-state index contributed by atoms with van der Waals surface area (Å²) in [6.45, 7) is 6.78. The van der Waals surface area contributed by atoms with Crippen molar-refractivity contribution in [3.8, 4) is 0 Å². The SMILES string of the molecule is CCN(Cc1ccccc1)C(CN)c1cnccc1C. The predicted octanol–water partition coefficient (Wildman–Crippen LogP) is 2.91. The van der Waals surface area contributed by atoms with Crippen molar-refractivity contribution in [2.24, 2.45) is 5.73 Å². The van der Waals surface area contributed by atoms with E-state index in [-0.39, 0.29) is 6.04 Å². The van der Waals surface area contributed by atoms with Gasteiger partial charge in [-0.3, -0.25) is 9.88 Å². The fraction of sp³-hybridized carbons (Fsp3) is 0.353. The van der Waals surface area contributed by atoms with Crippen LogP contribution in [0.2, 0.25) is 0 Å². The monoisotopic (exact) mass is 269 g/mol. The highest BCUT2D eigenvalue weighted by Crippen LogP contribution is 2.23. The third-order valence-corrected chi connectivity index (χ3v) is 3.74. The Hall–Kier alpha value is -1.71. The van der Waals surface area contributed by atoms with Gasteiger partial charge in [0.2, 0.25) is 0 Å². The average Bonchev–Trinajstić information content (AvgIpc) is 2.49. The second kappa shape index (κ2) is 7.17. The third kappa shape index (κ3) is 3.44. The maximum atomic E-state index is 6.03. The molecule has 0 saturated carbocycles. The number of pyridine rings is 1. The first-order valence-corrected chi connectivity index (χ1v) is 7.14. The minimum atomic E-state index is 0.217. The quantitative estimate of drug-likeness (QED) is 0.876. The number of hydrogen-bond donors (Lipinski definition) is 1. The van der Waals surface area contributed by atoms with E-state index >= 15 is 0 Å². The first-order chi connectivity index (χ1) is 9.76. The zero-order valence-electron chi connectivity index (χ0n) is 12.3. The summed E-state index contributed by atoms with van der Waals surface area (Å²) in [5.74, 6) is 0. The molecule has 0 spiro atoms. The van der Waals surface area contributed by atoms with E-state index in [1.54, 1.807) is 0 Å². The number of nitrogens with two attached hydrogens (primary N) is 1. The van der Waals surface area contributed by atoms with Gasteiger partial charge in [-0.05, 0) is 36.2 Å². The molecule has 0 aliphatic heterocycles. The molecule has 1 heterocycles. The van der Waals surface area contributed by atoms with Gasteiger partial charge in [-0.2, -0.15) is 0 Å². The lowest BCUT2D eigenvalue weighted by Gasteiger charge is -2.31. The Morgan fingerprint density at radius 3 is 2.55 bits per heavy atom. The van der Waals surface area contributed by atoms with E-state index in [1.165, 1.54) is 16.7 Å². The molecule has 1 atom stereocenters. The van der Waals surface area contributed by atoms with Crippen LogP contribution >= 0.6 is 0 Å². The summed E-state index contributed by atoms with van der Waals surface area (Å²) >= 11 is 0. The van der Waals surface area contributed by atoms with E-state index in [0.717, 1.165) is 13.1 Å². The summed E-state index contributed by atoms with van der Waals surface area (Å²) in [4.78, 5) is 6.66. The second-order valence-corrected chi connectivity index (χ2v) is 5.03. The highest BCUT2D eigenvalue weighted by Gasteiger charge is 2.19. The Kier molecular flexibility index (Phi) is 5.27. The molecule has 0 fully saturated rings. The average molecular weight is 269 g/mol. The van der Waals surface area contributed by atoms with Gasteiger partial charge in [0.25, 0.3) is 0 Å². The summed E-state index contributed by atoms with van der Waals surface area (Å²) in [6.07, 6.45) is 3.78. The van der Waals surface area contributed by atoms with Crippen LogP contribution < -0.4 is 5.73 Å². The van der Waals surface area contributed by atoms with Crippen molar-refractivity contribution in [2.45, 2.75) is 26.4 Å². The zero-order valence-corrected chi connectivity index (χ0v) is 12.3. The van der Waals surface area contributed by atoms with Crippen molar-refractivity contribution in [3.63, 3.8) is 0 Å². The normalized spacial score (nSPS) is 12.6. The van der Waals surface area contributed by atoms with Crippen LogP contribution in [0.4, 0.5) is 0 Å². The number of hydrogen-bond acceptors (Lipinski definition) is 3. The van der Waals surface area contributed by atoms with Crippen LogP contribution in [0.3, 0.4) is 0 Å². The van der Waals surface area contributed by atoms with Gasteiger partial charge in [-0.25, -0.2) is 0 Å². The van der Waals surface area contributed by atoms with Crippen LogP contribution in [0.25, 0.3) is 0 Å². The maximum Gasteiger partial charge on any atom is 0.0491 e. The van der Waals surface area contributed by atoms with E-state index in [2.05, 4.69) is 48.0 Å². The topological polar surface area (TPSA) is 42.1 Å². The lowest BCUT2D eigenvalue weighted by atomic mass is 10.0. The molecule has 0 saturated heterocycles. The Bertz CT molecular complexity index is 525. The molecule has 1 unspecified atom stereocenters. The summed E-state index contributed by atoms with van der Waals surface area (Å²) in [5.41, 5.74) is 9.83. The smallest absolute Gasteiger partial charge is 0.0491 e. The lowest BCUT2D eigenvalue weighted by Crippen LogP contribution is -2.33. The Morgan fingerprint density at radius 1 is 1.20 bits per heavy atom. The summed E-state index contributed by atoms with van der Waals surface area (Å²) in [6, 6.07) is 12.8. The van der Waals surface area contributed by atoms with Crippen molar-refractivity contribution in [3.05, 3.63) is 65.5 Å². The van der Waals surface area contributed by atoms with E-state index in [1.807, 2.05) is 24.5 Å². The van der Waals surface area contributed by atoms with Gasteiger partial charge in [0.1, 0.15) is 0 Å². The van der Waals surface area contributed by atoms with Gasteiger partial charge < -0.3 is 5.73 Å². The van der Waals surface area contributed by atoms with E-state index in [4.69, 9.17) is 5.73 Å². The van der Waals surface area contributed by atoms with E-state index < -0.39 is 0 Å². The fourth-order valence-corrected chi connectivity index (χ4v) is 2.56. The minimum absolute atomic E-state index is 0.217. The largest absolute Gasteiger partial charge is 0.329 e. The van der Waals surface area contributed by atoms with Crippen LogP contribution in [-0.4, -0.2) is 23.0 Å². The lowest BCUT2D eigenvalue weighted by molar-refractivity contribution is 0.202. The highest BCUT2D eigenvalue weighted by molar-refractivity contribution is 5.26. The van der Waals surface area contributed by atoms with Crippen LogP contribution in [0.5, 0.6) is 0 Å². The summed E-state index contributed by atoms with van der Waals surface area (Å²) in [5, 5.41) is 0. The van der Waals surface area contributed by atoms with Gasteiger partial charge in [0.05, 0.1) is 0 Å². The van der Waals surface area contributed by atoms with Crippen LogP contribution in [0.15, 0.2) is 48.8 Å². The molecule has 0 radical (unpaired) electrons. The van der Waals surface area contributed by atoms with Crippen molar-refractivity contribution < 1.29 is 0 Å². The van der Waals surface area contributed by atoms with Gasteiger partial charge in [-0.15, -0.1) is 0 Å². The van der Waals surface area contributed by atoms with Crippen LogP contribution in [-0.2, 0) is 6.54 Å². The number of likely N-dealkylation sites (N-methyl/N-ethyl adjacent to an activating group) is 1. The number of benzene rings is 1. The molecule has 2 aromatic rings. The Morgan fingerprint density at radius 2 is 1.95 bits per heavy atom. The fourth-order valence-electron chi connectivity index (χ4n) is 2.56. The molecule has 0 aliphatic rings. The molecule has 1 aromatic carbocycles. The number of nitrogens with zero attached hydrogens (tertiary/aromatic N) is 2. The number of rotatable bonds is 6. The van der Waals surface area contributed by atoms with Gasteiger partial charge in [0, 0.05) is 31.5 Å². The molecular weight excluding hydrogens is 246 g/mol. The third-order valence-electron chi connectivity index (χ3n) is 3.74. The molecule has 20 heavy (non-hydrogen) atoms. The Labute approximate surface area is 121 Å². The van der Waals surface area contributed by atoms with E-state index in [9.17, 15) is 0 Å². The highest BCUT2D eigenvalue weighted by atomic mass is 15.2. The van der Waals surface area contributed by atoms with Crippen LogP contribution in [0, 0.1) is 6.92 Å². The number of aromatic nitrogens is 1. The maximum absolute atomic E-state index is 6.03.